The van der Waals surface area contributed by atoms with E-state index in [1.54, 1.807) is 0 Å². The SMILES string of the molecule is CCNC(c1ccncc1)C1CC(C)(C)OC1(C)C. The lowest BCUT2D eigenvalue weighted by molar-refractivity contribution is -0.0778. The molecule has 0 aromatic carbocycles. The Morgan fingerprint density at radius 1 is 1.32 bits per heavy atom. The van der Waals surface area contributed by atoms with Crippen molar-refractivity contribution in [1.29, 1.82) is 0 Å². The molecule has 1 aliphatic heterocycles. The third kappa shape index (κ3) is 3.15. The first-order valence-corrected chi connectivity index (χ1v) is 7.19. The van der Waals surface area contributed by atoms with Gasteiger partial charge in [0.25, 0.3) is 0 Å². The highest BCUT2D eigenvalue weighted by atomic mass is 16.5. The van der Waals surface area contributed by atoms with Crippen molar-refractivity contribution in [3.63, 3.8) is 0 Å². The fourth-order valence-corrected chi connectivity index (χ4v) is 3.41. The van der Waals surface area contributed by atoms with Crippen LogP contribution in [-0.4, -0.2) is 22.7 Å². The van der Waals surface area contributed by atoms with Gasteiger partial charge in [-0.2, -0.15) is 0 Å². The molecule has 0 aliphatic carbocycles. The zero-order valence-electron chi connectivity index (χ0n) is 12.7. The largest absolute Gasteiger partial charge is 0.369 e. The van der Waals surface area contributed by atoms with Gasteiger partial charge in [0.2, 0.25) is 0 Å². The van der Waals surface area contributed by atoms with Crippen LogP contribution in [0, 0.1) is 5.92 Å². The summed E-state index contributed by atoms with van der Waals surface area (Å²) in [4.78, 5) is 4.12. The maximum Gasteiger partial charge on any atom is 0.0681 e. The molecule has 0 amide bonds. The van der Waals surface area contributed by atoms with Gasteiger partial charge in [0.15, 0.2) is 0 Å². The van der Waals surface area contributed by atoms with Crippen molar-refractivity contribution < 1.29 is 4.74 Å². The van der Waals surface area contributed by atoms with Gasteiger partial charge in [0.05, 0.1) is 11.2 Å². The number of ether oxygens (including phenoxy) is 1. The van der Waals surface area contributed by atoms with Crippen molar-refractivity contribution >= 4 is 0 Å². The number of hydrogen-bond donors (Lipinski definition) is 1. The fraction of sp³-hybridized carbons (Fsp3) is 0.688. The molecule has 19 heavy (non-hydrogen) atoms. The summed E-state index contributed by atoms with van der Waals surface area (Å²) in [5.41, 5.74) is 1.14. The lowest BCUT2D eigenvalue weighted by Crippen LogP contribution is -2.38. The summed E-state index contributed by atoms with van der Waals surface area (Å²) in [7, 11) is 0. The van der Waals surface area contributed by atoms with Crippen molar-refractivity contribution in [2.75, 3.05) is 6.54 Å². The van der Waals surface area contributed by atoms with Crippen molar-refractivity contribution in [3.8, 4) is 0 Å². The van der Waals surface area contributed by atoms with E-state index in [-0.39, 0.29) is 11.2 Å². The number of aromatic nitrogens is 1. The molecular weight excluding hydrogens is 236 g/mol. The molecule has 106 valence electrons. The van der Waals surface area contributed by atoms with Crippen LogP contribution in [0.3, 0.4) is 0 Å². The van der Waals surface area contributed by atoms with Gasteiger partial charge >= 0.3 is 0 Å². The zero-order chi connectivity index (χ0) is 14.1. The molecule has 1 fully saturated rings. The van der Waals surface area contributed by atoms with Crippen molar-refractivity contribution in [1.82, 2.24) is 10.3 Å². The first-order valence-electron chi connectivity index (χ1n) is 7.19. The molecule has 1 aromatic heterocycles. The van der Waals surface area contributed by atoms with E-state index in [9.17, 15) is 0 Å². The molecule has 2 rings (SSSR count). The van der Waals surface area contributed by atoms with E-state index in [0.29, 0.717) is 12.0 Å². The van der Waals surface area contributed by atoms with Gasteiger partial charge in [-0.3, -0.25) is 4.98 Å². The standard InChI is InChI=1S/C16H26N2O/c1-6-18-14(12-7-9-17-10-8-12)13-11-15(2,3)19-16(13,4)5/h7-10,13-14,18H,6,11H2,1-5H3. The minimum atomic E-state index is -0.112. The maximum atomic E-state index is 6.24. The van der Waals surface area contributed by atoms with Crippen LogP contribution in [0.4, 0.5) is 0 Å². The van der Waals surface area contributed by atoms with Crippen LogP contribution >= 0.6 is 0 Å². The van der Waals surface area contributed by atoms with E-state index in [2.05, 4.69) is 57.1 Å². The van der Waals surface area contributed by atoms with Crippen molar-refractivity contribution in [2.45, 2.75) is 58.3 Å². The summed E-state index contributed by atoms with van der Waals surface area (Å²) >= 11 is 0. The highest BCUT2D eigenvalue weighted by Gasteiger charge is 2.49. The molecule has 1 aliphatic rings. The first-order chi connectivity index (χ1) is 8.86. The first kappa shape index (κ1) is 14.5. The molecule has 2 unspecified atom stereocenters. The van der Waals surface area contributed by atoms with Gasteiger partial charge in [-0.1, -0.05) is 6.92 Å². The summed E-state index contributed by atoms with van der Waals surface area (Å²) in [6.07, 6.45) is 4.81. The molecule has 1 saturated heterocycles. The Labute approximate surface area is 116 Å². The van der Waals surface area contributed by atoms with E-state index in [1.807, 2.05) is 12.4 Å². The Balaban J connectivity index is 2.30. The molecular formula is C16H26N2O. The van der Waals surface area contributed by atoms with E-state index in [1.165, 1.54) is 5.56 Å². The second-order valence-electron chi connectivity index (χ2n) is 6.59. The quantitative estimate of drug-likeness (QED) is 0.903. The van der Waals surface area contributed by atoms with Crippen LogP contribution in [0.5, 0.6) is 0 Å². The molecule has 0 bridgehead atoms. The van der Waals surface area contributed by atoms with Crippen LogP contribution < -0.4 is 5.32 Å². The molecule has 1 aromatic rings. The molecule has 2 heterocycles. The minimum absolute atomic E-state index is 0.0468. The van der Waals surface area contributed by atoms with Crippen LogP contribution in [0.1, 0.15) is 52.6 Å². The third-order valence-electron chi connectivity index (χ3n) is 4.04. The highest BCUT2D eigenvalue weighted by molar-refractivity contribution is 5.19. The van der Waals surface area contributed by atoms with E-state index in [0.717, 1.165) is 13.0 Å². The Kier molecular flexibility index (Phi) is 3.98. The summed E-state index contributed by atoms with van der Waals surface area (Å²) in [6, 6.07) is 4.54. The van der Waals surface area contributed by atoms with Gasteiger partial charge in [0, 0.05) is 24.4 Å². The molecule has 2 atom stereocenters. The highest BCUT2D eigenvalue weighted by Crippen LogP contribution is 2.47. The predicted molar refractivity (Wildman–Crippen MR) is 78.0 cm³/mol. The third-order valence-corrected chi connectivity index (χ3v) is 4.04. The summed E-state index contributed by atoms with van der Waals surface area (Å²) < 4.78 is 6.24. The second kappa shape index (κ2) is 5.22. The Bertz CT molecular complexity index is 414. The monoisotopic (exact) mass is 262 g/mol. The van der Waals surface area contributed by atoms with Crippen molar-refractivity contribution in [3.05, 3.63) is 30.1 Å². The average molecular weight is 262 g/mol. The fourth-order valence-electron chi connectivity index (χ4n) is 3.41. The smallest absolute Gasteiger partial charge is 0.0681 e. The minimum Gasteiger partial charge on any atom is -0.369 e. The van der Waals surface area contributed by atoms with Crippen LogP contribution in [0.25, 0.3) is 0 Å². The number of nitrogens with zero attached hydrogens (tertiary/aromatic N) is 1. The Morgan fingerprint density at radius 3 is 2.42 bits per heavy atom. The lowest BCUT2D eigenvalue weighted by atomic mass is 9.79. The van der Waals surface area contributed by atoms with Gasteiger partial charge in [0.1, 0.15) is 0 Å². The van der Waals surface area contributed by atoms with Crippen LogP contribution in [-0.2, 0) is 4.74 Å². The Hall–Kier alpha value is -0.930. The van der Waals surface area contributed by atoms with Gasteiger partial charge in [-0.25, -0.2) is 0 Å². The van der Waals surface area contributed by atoms with Crippen LogP contribution in [0.15, 0.2) is 24.5 Å². The summed E-state index contributed by atoms with van der Waals surface area (Å²) in [5.74, 6) is 0.463. The van der Waals surface area contributed by atoms with Crippen molar-refractivity contribution in [2.24, 2.45) is 5.92 Å². The van der Waals surface area contributed by atoms with E-state index < -0.39 is 0 Å². The van der Waals surface area contributed by atoms with Gasteiger partial charge < -0.3 is 10.1 Å². The molecule has 0 spiro atoms. The summed E-state index contributed by atoms with van der Waals surface area (Å²) in [5, 5.41) is 3.63. The van der Waals surface area contributed by atoms with E-state index in [4.69, 9.17) is 4.74 Å². The normalized spacial score (nSPS) is 26.3. The molecule has 3 heteroatoms. The maximum absolute atomic E-state index is 6.24. The second-order valence-corrected chi connectivity index (χ2v) is 6.59. The zero-order valence-corrected chi connectivity index (χ0v) is 12.7. The lowest BCUT2D eigenvalue weighted by Gasteiger charge is -2.33. The number of pyridine rings is 1. The van der Waals surface area contributed by atoms with Gasteiger partial charge in [-0.05, 0) is 58.4 Å². The number of rotatable bonds is 4. The molecule has 0 saturated carbocycles. The number of nitrogens with one attached hydrogen (secondary N) is 1. The van der Waals surface area contributed by atoms with Crippen LogP contribution in [0.2, 0.25) is 0 Å². The topological polar surface area (TPSA) is 34.2 Å². The predicted octanol–water partition coefficient (Wildman–Crippen LogP) is 3.33. The van der Waals surface area contributed by atoms with Gasteiger partial charge in [-0.15, -0.1) is 0 Å². The molecule has 3 nitrogen and oxygen atoms in total. The summed E-state index contributed by atoms with van der Waals surface area (Å²) in [6.45, 7) is 11.9. The van der Waals surface area contributed by atoms with E-state index >= 15 is 0 Å². The average Bonchev–Trinajstić information content (AvgIpc) is 2.55. The Morgan fingerprint density at radius 2 is 1.95 bits per heavy atom. The molecule has 0 radical (unpaired) electrons. The molecule has 1 N–H and O–H groups in total. The number of hydrogen-bond acceptors (Lipinski definition) is 3.